The molecule has 8 heteroatoms. The van der Waals surface area contributed by atoms with Gasteiger partial charge in [0.05, 0.1) is 12.0 Å². The molecule has 0 amide bonds. The molecule has 0 bridgehead atoms. The lowest BCUT2D eigenvalue weighted by Crippen LogP contribution is -2.14. The minimum Gasteiger partial charge on any atom is -0.462 e. The largest absolute Gasteiger partial charge is 0.462 e. The summed E-state index contributed by atoms with van der Waals surface area (Å²) in [6.07, 6.45) is 1.80. The highest BCUT2D eigenvalue weighted by Crippen LogP contribution is 2.37. The molecular weight excluding hydrogens is 404 g/mol. The van der Waals surface area contributed by atoms with E-state index in [0.29, 0.717) is 23.1 Å². The van der Waals surface area contributed by atoms with Crippen molar-refractivity contribution in [2.24, 2.45) is 0 Å². The Morgan fingerprint density at radius 3 is 2.69 bits per heavy atom. The Kier molecular flexibility index (Phi) is 5.55. The molecule has 1 aromatic carbocycles. The third-order valence-corrected chi connectivity index (χ3v) is 6.48. The Hall–Kier alpha value is -2.84. The van der Waals surface area contributed by atoms with E-state index in [1.54, 1.807) is 24.5 Å². The number of carbonyl (C=O) groups is 1. The lowest BCUT2D eigenvalue weighted by atomic mass is 10.1. The fraction of sp³-hybridized carbons (Fsp3) is 0.238. The van der Waals surface area contributed by atoms with Crippen LogP contribution < -0.4 is 5.32 Å². The third-order valence-electron chi connectivity index (χ3n) is 4.48. The monoisotopic (exact) mass is 424 g/mol. The summed E-state index contributed by atoms with van der Waals surface area (Å²) in [6.45, 7) is 5.90. The van der Waals surface area contributed by atoms with Gasteiger partial charge in [-0.05, 0) is 31.9 Å². The first-order chi connectivity index (χ1) is 14.1. The van der Waals surface area contributed by atoms with Gasteiger partial charge in [-0.2, -0.15) is 0 Å². The first-order valence-electron chi connectivity index (χ1n) is 9.24. The summed E-state index contributed by atoms with van der Waals surface area (Å²) in [5.41, 5.74) is 1.92. The van der Waals surface area contributed by atoms with Gasteiger partial charge in [-0.1, -0.05) is 30.3 Å². The van der Waals surface area contributed by atoms with Crippen LogP contribution in [-0.4, -0.2) is 27.5 Å². The van der Waals surface area contributed by atoms with Crippen LogP contribution in [0.25, 0.3) is 10.2 Å². The Bertz CT molecular complexity index is 1140. The molecule has 0 aliphatic carbocycles. The summed E-state index contributed by atoms with van der Waals surface area (Å²) in [5, 5.41) is 7.31. The number of fused-ring (bicyclic) bond motifs is 1. The number of benzene rings is 1. The van der Waals surface area contributed by atoms with Crippen LogP contribution in [0.3, 0.4) is 0 Å². The van der Waals surface area contributed by atoms with Crippen molar-refractivity contribution in [3.8, 4) is 0 Å². The van der Waals surface area contributed by atoms with Gasteiger partial charge in [0.2, 0.25) is 0 Å². The van der Waals surface area contributed by atoms with E-state index in [1.165, 1.54) is 11.3 Å². The maximum absolute atomic E-state index is 12.4. The molecule has 0 saturated heterocycles. The molecular formula is C21H20N4O2S2. The van der Waals surface area contributed by atoms with Crippen LogP contribution in [0.15, 0.2) is 41.9 Å². The van der Waals surface area contributed by atoms with Gasteiger partial charge in [-0.3, -0.25) is 0 Å². The van der Waals surface area contributed by atoms with Crippen LogP contribution >= 0.6 is 22.7 Å². The first kappa shape index (κ1) is 19.5. The number of carbonyl (C=O) groups excluding carboxylic acids is 1. The van der Waals surface area contributed by atoms with E-state index in [2.05, 4.69) is 32.4 Å². The molecule has 29 heavy (non-hydrogen) atoms. The molecule has 1 atom stereocenters. The standard InChI is InChI=1S/C21H20N4O2S2/c1-4-27-21(26)17-12(2)15-18(23-13(3)24-19(15)29-17)25-16(20-22-10-11-28-20)14-8-6-5-7-9-14/h5-11,16H,4H2,1-3H3,(H,23,24,25). The zero-order valence-corrected chi connectivity index (χ0v) is 17.9. The lowest BCUT2D eigenvalue weighted by molar-refractivity contribution is 0.0531. The molecule has 0 spiro atoms. The van der Waals surface area contributed by atoms with Gasteiger partial charge in [-0.25, -0.2) is 19.7 Å². The highest BCUT2D eigenvalue weighted by molar-refractivity contribution is 7.20. The molecule has 0 radical (unpaired) electrons. The van der Waals surface area contributed by atoms with Gasteiger partial charge in [-0.15, -0.1) is 22.7 Å². The summed E-state index contributed by atoms with van der Waals surface area (Å²) in [5.74, 6) is 1.01. The average molecular weight is 425 g/mol. The molecule has 3 aromatic heterocycles. The zero-order chi connectivity index (χ0) is 20.4. The minimum atomic E-state index is -0.323. The number of hydrogen-bond donors (Lipinski definition) is 1. The number of thiazole rings is 1. The molecule has 148 valence electrons. The number of thiophene rings is 1. The number of nitrogens with one attached hydrogen (secondary N) is 1. The number of anilines is 1. The molecule has 1 unspecified atom stereocenters. The van der Waals surface area contributed by atoms with Crippen molar-refractivity contribution >= 4 is 44.7 Å². The van der Waals surface area contributed by atoms with Gasteiger partial charge >= 0.3 is 5.97 Å². The van der Waals surface area contributed by atoms with E-state index in [0.717, 1.165) is 26.4 Å². The summed E-state index contributed by atoms with van der Waals surface area (Å²) >= 11 is 2.93. The van der Waals surface area contributed by atoms with Crippen LogP contribution in [0.2, 0.25) is 0 Å². The van der Waals surface area contributed by atoms with Crippen LogP contribution in [0, 0.1) is 13.8 Å². The summed E-state index contributed by atoms with van der Waals surface area (Å²) in [4.78, 5) is 27.4. The number of aromatic nitrogens is 3. The predicted octanol–water partition coefficient (Wildman–Crippen LogP) is 5.14. The van der Waals surface area contributed by atoms with E-state index in [9.17, 15) is 4.79 Å². The van der Waals surface area contributed by atoms with E-state index in [-0.39, 0.29) is 12.0 Å². The lowest BCUT2D eigenvalue weighted by Gasteiger charge is -2.19. The maximum atomic E-state index is 12.4. The minimum absolute atomic E-state index is 0.154. The molecule has 0 saturated carbocycles. The number of esters is 1. The van der Waals surface area contributed by atoms with E-state index in [4.69, 9.17) is 4.74 Å². The van der Waals surface area contributed by atoms with Crippen molar-refractivity contribution in [2.75, 3.05) is 11.9 Å². The molecule has 6 nitrogen and oxygen atoms in total. The molecule has 4 aromatic rings. The molecule has 0 fully saturated rings. The van der Waals surface area contributed by atoms with E-state index in [1.807, 2.05) is 37.4 Å². The predicted molar refractivity (Wildman–Crippen MR) is 117 cm³/mol. The number of rotatable bonds is 6. The van der Waals surface area contributed by atoms with Crippen molar-refractivity contribution in [2.45, 2.75) is 26.8 Å². The summed E-state index contributed by atoms with van der Waals surface area (Å²) < 4.78 is 5.21. The molecule has 4 rings (SSSR count). The molecule has 0 aliphatic heterocycles. The number of hydrogen-bond acceptors (Lipinski definition) is 8. The summed E-state index contributed by atoms with van der Waals surface area (Å²) in [6, 6.07) is 9.98. The topological polar surface area (TPSA) is 77.0 Å². The molecule has 0 aliphatic rings. The van der Waals surface area contributed by atoms with Gasteiger partial charge < -0.3 is 10.1 Å². The van der Waals surface area contributed by atoms with Gasteiger partial charge in [0.1, 0.15) is 32.4 Å². The quantitative estimate of drug-likeness (QED) is 0.432. The fourth-order valence-corrected chi connectivity index (χ4v) is 5.02. The number of nitrogens with zero attached hydrogens (tertiary/aromatic N) is 3. The molecule has 3 heterocycles. The Morgan fingerprint density at radius 2 is 2.00 bits per heavy atom. The number of aryl methyl sites for hydroxylation is 2. The van der Waals surface area contributed by atoms with Crippen molar-refractivity contribution < 1.29 is 9.53 Å². The zero-order valence-electron chi connectivity index (χ0n) is 16.3. The third kappa shape index (κ3) is 3.86. The highest BCUT2D eigenvalue weighted by atomic mass is 32.1. The summed E-state index contributed by atoms with van der Waals surface area (Å²) in [7, 11) is 0. The van der Waals surface area contributed by atoms with Gasteiger partial charge in [0.15, 0.2) is 0 Å². The van der Waals surface area contributed by atoms with Crippen LogP contribution in [0.1, 0.15) is 44.6 Å². The fourth-order valence-electron chi connectivity index (χ4n) is 3.19. The van der Waals surface area contributed by atoms with Crippen LogP contribution in [0.5, 0.6) is 0 Å². The second-order valence-corrected chi connectivity index (χ2v) is 8.36. The second kappa shape index (κ2) is 8.26. The Morgan fingerprint density at radius 1 is 1.21 bits per heavy atom. The van der Waals surface area contributed by atoms with Crippen LogP contribution in [-0.2, 0) is 4.74 Å². The second-order valence-electron chi connectivity index (χ2n) is 6.43. The molecule has 1 N–H and O–H groups in total. The average Bonchev–Trinajstić information content (AvgIpc) is 3.35. The van der Waals surface area contributed by atoms with Crippen molar-refractivity contribution in [1.82, 2.24) is 15.0 Å². The van der Waals surface area contributed by atoms with Gasteiger partial charge in [0, 0.05) is 11.6 Å². The van der Waals surface area contributed by atoms with Gasteiger partial charge in [0.25, 0.3) is 0 Å². The van der Waals surface area contributed by atoms with E-state index < -0.39 is 0 Å². The van der Waals surface area contributed by atoms with Crippen molar-refractivity contribution in [3.05, 3.63) is 68.7 Å². The number of ether oxygens (including phenoxy) is 1. The first-order valence-corrected chi connectivity index (χ1v) is 10.9. The SMILES string of the molecule is CCOC(=O)c1sc2nc(C)nc(NC(c3ccccc3)c3nccs3)c2c1C. The highest BCUT2D eigenvalue weighted by Gasteiger charge is 2.24. The van der Waals surface area contributed by atoms with Crippen molar-refractivity contribution in [1.29, 1.82) is 0 Å². The van der Waals surface area contributed by atoms with Crippen molar-refractivity contribution in [3.63, 3.8) is 0 Å². The normalized spacial score (nSPS) is 12.1. The maximum Gasteiger partial charge on any atom is 0.348 e. The van der Waals surface area contributed by atoms with E-state index >= 15 is 0 Å². The van der Waals surface area contributed by atoms with Crippen LogP contribution in [0.4, 0.5) is 5.82 Å². The smallest absolute Gasteiger partial charge is 0.348 e. The Balaban J connectivity index is 1.83. The Labute approximate surface area is 176 Å².